The predicted octanol–water partition coefficient (Wildman–Crippen LogP) is 2.40. The molecule has 2 heterocycles. The second-order valence-corrected chi connectivity index (χ2v) is 6.23. The van der Waals surface area contributed by atoms with E-state index in [0.717, 1.165) is 38.7 Å². The Morgan fingerprint density at radius 2 is 1.96 bits per heavy atom. The summed E-state index contributed by atoms with van der Waals surface area (Å²) in [6, 6.07) is 10.4. The summed E-state index contributed by atoms with van der Waals surface area (Å²) < 4.78 is 4.99. The van der Waals surface area contributed by atoms with Crippen molar-refractivity contribution < 1.29 is 4.52 Å². The van der Waals surface area contributed by atoms with Crippen molar-refractivity contribution in [2.75, 3.05) is 39.8 Å². The monoisotopic (exact) mass is 482 g/mol. The van der Waals surface area contributed by atoms with Crippen molar-refractivity contribution in [3.63, 3.8) is 0 Å². The van der Waals surface area contributed by atoms with E-state index in [9.17, 15) is 0 Å². The molecule has 27 heavy (non-hydrogen) atoms. The number of nitrogens with zero attached hydrogens (tertiary/aromatic N) is 5. The van der Waals surface area contributed by atoms with Crippen LogP contribution in [0.2, 0.25) is 0 Å². The highest BCUT2D eigenvalue weighted by molar-refractivity contribution is 14.0. The van der Waals surface area contributed by atoms with Crippen molar-refractivity contribution in [1.29, 1.82) is 0 Å². The molecule has 1 aliphatic heterocycles. The lowest BCUT2D eigenvalue weighted by molar-refractivity contribution is 0.194. The van der Waals surface area contributed by atoms with E-state index >= 15 is 0 Å². The van der Waals surface area contributed by atoms with Gasteiger partial charge in [0.2, 0.25) is 5.89 Å². The SMILES string of the molecule is CN=C(NCc1noc(C)n1)N1CCN(C/C=C/c2ccccc2)CC1.I. The van der Waals surface area contributed by atoms with E-state index in [0.29, 0.717) is 18.3 Å². The quantitative estimate of drug-likeness (QED) is 0.401. The second kappa shape index (κ2) is 11.0. The van der Waals surface area contributed by atoms with Crippen molar-refractivity contribution in [3.05, 3.63) is 53.7 Å². The molecule has 146 valence electrons. The molecular weight excluding hydrogens is 455 g/mol. The number of aliphatic imine (C=N–C) groups is 1. The first-order valence-corrected chi connectivity index (χ1v) is 8.93. The molecule has 0 spiro atoms. The maximum atomic E-state index is 4.99. The molecule has 0 atom stereocenters. The molecule has 0 unspecified atom stereocenters. The molecule has 0 saturated carbocycles. The van der Waals surface area contributed by atoms with E-state index in [2.05, 4.69) is 66.7 Å². The van der Waals surface area contributed by atoms with Gasteiger partial charge in [0.15, 0.2) is 11.8 Å². The number of aromatic nitrogens is 2. The van der Waals surface area contributed by atoms with Crippen LogP contribution in [0.25, 0.3) is 6.08 Å². The van der Waals surface area contributed by atoms with Gasteiger partial charge in [-0.15, -0.1) is 24.0 Å². The molecule has 8 heteroatoms. The zero-order chi connectivity index (χ0) is 18.2. The Labute approximate surface area is 177 Å². The number of hydrogen-bond donors (Lipinski definition) is 1. The minimum atomic E-state index is 0. The van der Waals surface area contributed by atoms with Crippen molar-refractivity contribution in [2.24, 2.45) is 4.99 Å². The fourth-order valence-corrected chi connectivity index (χ4v) is 2.95. The number of aryl methyl sites for hydroxylation is 1. The lowest BCUT2D eigenvalue weighted by atomic mass is 10.2. The molecule has 0 radical (unpaired) electrons. The Hall–Kier alpha value is -1.94. The molecule has 1 aliphatic rings. The molecule has 1 aromatic carbocycles. The van der Waals surface area contributed by atoms with Crippen LogP contribution in [0.3, 0.4) is 0 Å². The number of nitrogens with one attached hydrogen (secondary N) is 1. The fraction of sp³-hybridized carbons (Fsp3) is 0.421. The van der Waals surface area contributed by atoms with E-state index in [1.54, 1.807) is 14.0 Å². The second-order valence-electron chi connectivity index (χ2n) is 6.23. The first kappa shape index (κ1) is 21.4. The molecule has 1 N–H and O–H groups in total. The highest BCUT2D eigenvalue weighted by atomic mass is 127. The summed E-state index contributed by atoms with van der Waals surface area (Å²) in [6.07, 6.45) is 4.41. The van der Waals surface area contributed by atoms with Crippen LogP contribution in [0, 0.1) is 6.92 Å². The predicted molar refractivity (Wildman–Crippen MR) is 118 cm³/mol. The maximum Gasteiger partial charge on any atom is 0.223 e. The van der Waals surface area contributed by atoms with E-state index in [4.69, 9.17) is 4.52 Å². The zero-order valence-electron chi connectivity index (χ0n) is 15.8. The lowest BCUT2D eigenvalue weighted by Crippen LogP contribution is -2.52. The van der Waals surface area contributed by atoms with Crippen LogP contribution >= 0.6 is 24.0 Å². The van der Waals surface area contributed by atoms with Gasteiger partial charge < -0.3 is 14.7 Å². The third kappa shape index (κ3) is 6.62. The molecule has 0 aliphatic carbocycles. The Morgan fingerprint density at radius 1 is 1.22 bits per heavy atom. The molecule has 1 aromatic heterocycles. The highest BCUT2D eigenvalue weighted by Crippen LogP contribution is 2.05. The van der Waals surface area contributed by atoms with Crippen molar-refractivity contribution >= 4 is 36.0 Å². The minimum Gasteiger partial charge on any atom is -0.349 e. The topological polar surface area (TPSA) is 69.8 Å². The number of rotatable bonds is 5. The Kier molecular flexibility index (Phi) is 8.73. The van der Waals surface area contributed by atoms with Gasteiger partial charge in [-0.25, -0.2) is 0 Å². The van der Waals surface area contributed by atoms with Gasteiger partial charge in [0.05, 0.1) is 6.54 Å². The summed E-state index contributed by atoms with van der Waals surface area (Å²) in [5.74, 6) is 2.11. The molecule has 7 nitrogen and oxygen atoms in total. The summed E-state index contributed by atoms with van der Waals surface area (Å²) in [5.41, 5.74) is 1.24. The molecule has 0 amide bonds. The average molecular weight is 482 g/mol. The number of piperazine rings is 1. The van der Waals surface area contributed by atoms with Crippen LogP contribution in [0.1, 0.15) is 17.3 Å². The summed E-state index contributed by atoms with van der Waals surface area (Å²) >= 11 is 0. The molecule has 0 bridgehead atoms. The fourth-order valence-electron chi connectivity index (χ4n) is 2.95. The third-order valence-electron chi connectivity index (χ3n) is 4.33. The molecule has 1 saturated heterocycles. The standard InChI is InChI=1S/C19H26N6O.HI/c1-16-22-18(23-26-16)15-21-19(20-2)25-13-11-24(12-14-25)10-6-9-17-7-4-3-5-8-17;/h3-9H,10-15H2,1-2H3,(H,20,21);1H/b9-6+;. The van der Waals surface area contributed by atoms with Crippen LogP contribution in [0.15, 0.2) is 45.9 Å². The number of benzene rings is 1. The highest BCUT2D eigenvalue weighted by Gasteiger charge is 2.19. The Balaban J connectivity index is 0.00000261. The van der Waals surface area contributed by atoms with Gasteiger partial charge in [-0.05, 0) is 5.56 Å². The molecule has 2 aromatic rings. The van der Waals surface area contributed by atoms with Gasteiger partial charge in [0, 0.05) is 46.7 Å². The lowest BCUT2D eigenvalue weighted by Gasteiger charge is -2.35. The third-order valence-corrected chi connectivity index (χ3v) is 4.33. The van der Waals surface area contributed by atoms with E-state index in [1.165, 1.54) is 5.56 Å². The van der Waals surface area contributed by atoms with Gasteiger partial charge in [-0.1, -0.05) is 47.6 Å². The van der Waals surface area contributed by atoms with Gasteiger partial charge in [-0.3, -0.25) is 9.89 Å². The van der Waals surface area contributed by atoms with Crippen LogP contribution in [-0.2, 0) is 6.54 Å². The molecular formula is C19H27IN6O. The zero-order valence-corrected chi connectivity index (χ0v) is 18.2. The van der Waals surface area contributed by atoms with Crippen molar-refractivity contribution in [3.8, 4) is 0 Å². The smallest absolute Gasteiger partial charge is 0.223 e. The van der Waals surface area contributed by atoms with Gasteiger partial charge in [0.1, 0.15) is 0 Å². The summed E-state index contributed by atoms with van der Waals surface area (Å²) in [4.78, 5) is 13.3. The van der Waals surface area contributed by atoms with Crippen LogP contribution in [0.4, 0.5) is 0 Å². The summed E-state index contributed by atoms with van der Waals surface area (Å²) in [7, 11) is 1.80. The number of hydrogen-bond acceptors (Lipinski definition) is 5. The minimum absolute atomic E-state index is 0. The number of halogens is 1. The van der Waals surface area contributed by atoms with Gasteiger partial charge in [-0.2, -0.15) is 4.98 Å². The maximum absolute atomic E-state index is 4.99. The molecule has 1 fully saturated rings. The van der Waals surface area contributed by atoms with E-state index in [-0.39, 0.29) is 24.0 Å². The van der Waals surface area contributed by atoms with Crippen LogP contribution in [-0.4, -0.2) is 65.7 Å². The summed E-state index contributed by atoms with van der Waals surface area (Å²) in [5, 5.41) is 7.21. The van der Waals surface area contributed by atoms with E-state index < -0.39 is 0 Å². The van der Waals surface area contributed by atoms with Crippen LogP contribution < -0.4 is 5.32 Å². The Bertz CT molecular complexity index is 738. The Morgan fingerprint density at radius 3 is 2.59 bits per heavy atom. The van der Waals surface area contributed by atoms with Crippen LogP contribution in [0.5, 0.6) is 0 Å². The average Bonchev–Trinajstić information content (AvgIpc) is 3.09. The largest absolute Gasteiger partial charge is 0.349 e. The normalized spacial score (nSPS) is 15.8. The van der Waals surface area contributed by atoms with Gasteiger partial charge in [0.25, 0.3) is 0 Å². The van der Waals surface area contributed by atoms with Crippen molar-refractivity contribution in [2.45, 2.75) is 13.5 Å². The van der Waals surface area contributed by atoms with Gasteiger partial charge >= 0.3 is 0 Å². The number of guanidine groups is 1. The summed E-state index contributed by atoms with van der Waals surface area (Å²) in [6.45, 7) is 7.20. The first-order chi connectivity index (χ1) is 12.7. The van der Waals surface area contributed by atoms with E-state index in [1.807, 2.05) is 6.07 Å². The van der Waals surface area contributed by atoms with Crippen molar-refractivity contribution in [1.82, 2.24) is 25.3 Å². The molecule has 3 rings (SSSR count). The first-order valence-electron chi connectivity index (χ1n) is 8.93.